The molecule has 252 valence electrons. The summed E-state index contributed by atoms with van der Waals surface area (Å²) < 4.78 is 16.7. The molecule has 6 rings (SSSR count). The Morgan fingerprint density at radius 2 is 1.76 bits per heavy atom. The maximum Gasteiger partial charge on any atom is 0.330 e. The first kappa shape index (κ1) is 33.3. The molecule has 0 radical (unpaired) electrons. The van der Waals surface area contributed by atoms with Gasteiger partial charge in [0.15, 0.2) is 11.5 Å². The lowest BCUT2D eigenvalue weighted by Crippen LogP contribution is -2.63. The van der Waals surface area contributed by atoms with Crippen LogP contribution >= 0.6 is 0 Å². The Kier molecular flexibility index (Phi) is 8.99. The Morgan fingerprint density at radius 1 is 1.02 bits per heavy atom. The van der Waals surface area contributed by atoms with Crippen LogP contribution < -0.4 is 15.2 Å². The number of hydrogen-bond donors (Lipinski definition) is 2. The number of ether oxygens (including phenoxy) is 3. The van der Waals surface area contributed by atoms with E-state index in [4.69, 9.17) is 19.9 Å². The number of rotatable bonds is 6. The van der Waals surface area contributed by atoms with Gasteiger partial charge in [-0.1, -0.05) is 45.4 Å². The summed E-state index contributed by atoms with van der Waals surface area (Å²) >= 11 is 0. The van der Waals surface area contributed by atoms with E-state index in [1.807, 2.05) is 6.07 Å². The summed E-state index contributed by atoms with van der Waals surface area (Å²) in [5.74, 6) is 3.08. The third-order valence-electron chi connectivity index (χ3n) is 13.9. The van der Waals surface area contributed by atoms with Gasteiger partial charge in [-0.15, -0.1) is 0 Å². The summed E-state index contributed by atoms with van der Waals surface area (Å²) in [4.78, 5) is 24.7. The van der Waals surface area contributed by atoms with E-state index in [1.165, 1.54) is 26.5 Å². The minimum absolute atomic E-state index is 0.0397. The van der Waals surface area contributed by atoms with Crippen LogP contribution in [0, 0.1) is 51.8 Å². The summed E-state index contributed by atoms with van der Waals surface area (Å²) in [6, 6.07) is 5.11. The summed E-state index contributed by atoms with van der Waals surface area (Å²) in [6.45, 7) is 11.7. The van der Waals surface area contributed by atoms with Gasteiger partial charge in [0.25, 0.3) is 0 Å². The van der Waals surface area contributed by atoms with Crippen LogP contribution in [0.5, 0.6) is 11.5 Å². The van der Waals surface area contributed by atoms with Crippen molar-refractivity contribution in [2.75, 3.05) is 13.7 Å². The minimum atomic E-state index is -0.434. The molecule has 11 atom stereocenters. The van der Waals surface area contributed by atoms with Gasteiger partial charge in [-0.25, -0.2) is 4.79 Å². The van der Waals surface area contributed by atoms with Gasteiger partial charge in [0.2, 0.25) is 0 Å². The first-order chi connectivity index (χ1) is 21.8. The first-order valence-corrected chi connectivity index (χ1v) is 17.7. The van der Waals surface area contributed by atoms with Gasteiger partial charge in [0.1, 0.15) is 0 Å². The lowest BCUT2D eigenvalue weighted by Gasteiger charge is -2.67. The minimum Gasteiger partial charge on any atom is -0.493 e. The third-order valence-corrected chi connectivity index (χ3v) is 13.9. The van der Waals surface area contributed by atoms with Crippen molar-refractivity contribution in [3.63, 3.8) is 0 Å². The average Bonchev–Trinajstić information content (AvgIpc) is 3.02. The number of allylic oxidation sites excluding steroid dienone is 2. The van der Waals surface area contributed by atoms with Crippen LogP contribution in [0.1, 0.15) is 98.0 Å². The SMILES string of the molecule is COc1ccc(/C=C/C(=O)OCC23CCC4C(=CCC5C4(C)CCC4C(N)C(O)CCC45C)C2C(C)[C@H](C)CC3)cc1OC(C)=O. The van der Waals surface area contributed by atoms with Crippen LogP contribution in [0.4, 0.5) is 0 Å². The molecule has 1 aromatic rings. The molecule has 5 aliphatic carbocycles. The van der Waals surface area contributed by atoms with Crippen molar-refractivity contribution in [3.05, 3.63) is 41.5 Å². The van der Waals surface area contributed by atoms with Crippen molar-refractivity contribution in [1.82, 2.24) is 0 Å². The van der Waals surface area contributed by atoms with Crippen LogP contribution in [-0.4, -0.2) is 42.9 Å². The number of nitrogens with two attached hydrogens (primary N) is 1. The largest absolute Gasteiger partial charge is 0.493 e. The van der Waals surface area contributed by atoms with Gasteiger partial charge < -0.3 is 25.1 Å². The zero-order valence-electron chi connectivity index (χ0n) is 28.7. The average molecular weight is 634 g/mol. The van der Waals surface area contributed by atoms with Gasteiger partial charge in [-0.2, -0.15) is 0 Å². The fraction of sp³-hybridized carbons (Fsp3) is 0.692. The van der Waals surface area contributed by atoms with E-state index in [0.717, 1.165) is 56.9 Å². The van der Waals surface area contributed by atoms with Crippen molar-refractivity contribution >= 4 is 18.0 Å². The second kappa shape index (κ2) is 12.4. The molecule has 0 saturated heterocycles. The number of esters is 2. The molecule has 7 nitrogen and oxygen atoms in total. The zero-order valence-corrected chi connectivity index (χ0v) is 28.7. The molecule has 0 spiro atoms. The number of carbonyl (C=O) groups excluding carboxylic acids is 2. The quantitative estimate of drug-likeness (QED) is 0.149. The standard InChI is InChI=1S/C39H55NO6/c1-23-13-19-39(22-45-34(43)12-8-26-7-10-31(44-6)32(21-26)46-25(3)41)20-15-28-27(35(39)24(23)2)9-11-33-37(28,4)17-14-29-36(40)30(42)16-18-38(29,33)5/h7-10,12,21,23-24,28-30,33,35-36,42H,11,13-20,22,40H2,1-6H3/b12-8+/t23-,24?,28?,29?,30?,33?,35?,36?,37?,38?,39?/m1/s1. The smallest absolute Gasteiger partial charge is 0.330 e. The summed E-state index contributed by atoms with van der Waals surface area (Å²) in [5.41, 5.74) is 9.39. The normalized spacial score (nSPS) is 41.7. The molecule has 0 heterocycles. The van der Waals surface area contributed by atoms with Gasteiger partial charge in [0.05, 0.1) is 19.8 Å². The molecule has 4 fully saturated rings. The molecular weight excluding hydrogens is 578 g/mol. The molecule has 0 aromatic heterocycles. The van der Waals surface area contributed by atoms with E-state index >= 15 is 0 Å². The monoisotopic (exact) mass is 633 g/mol. The summed E-state index contributed by atoms with van der Waals surface area (Å²) in [7, 11) is 1.52. The molecule has 0 bridgehead atoms. The highest BCUT2D eigenvalue weighted by Crippen LogP contribution is 2.70. The number of aliphatic hydroxyl groups excluding tert-OH is 1. The summed E-state index contributed by atoms with van der Waals surface area (Å²) in [5, 5.41) is 10.6. The topological polar surface area (TPSA) is 108 Å². The van der Waals surface area contributed by atoms with Crippen LogP contribution in [0.2, 0.25) is 0 Å². The van der Waals surface area contributed by atoms with Crippen molar-refractivity contribution in [2.24, 2.45) is 57.5 Å². The number of hydrogen-bond acceptors (Lipinski definition) is 7. The highest BCUT2D eigenvalue weighted by Gasteiger charge is 2.63. The number of aliphatic hydroxyl groups is 1. The fourth-order valence-corrected chi connectivity index (χ4v) is 11.3. The van der Waals surface area contributed by atoms with Crippen molar-refractivity contribution in [1.29, 1.82) is 0 Å². The van der Waals surface area contributed by atoms with Crippen molar-refractivity contribution in [2.45, 2.75) is 105 Å². The number of carbonyl (C=O) groups is 2. The number of benzene rings is 1. The third kappa shape index (κ3) is 5.53. The van der Waals surface area contributed by atoms with E-state index in [1.54, 1.807) is 23.8 Å². The van der Waals surface area contributed by atoms with Crippen LogP contribution in [-0.2, 0) is 14.3 Å². The van der Waals surface area contributed by atoms with Crippen molar-refractivity contribution < 1.29 is 28.9 Å². The molecular formula is C39H55NO6. The van der Waals surface area contributed by atoms with Crippen LogP contribution in [0.3, 0.4) is 0 Å². The molecule has 1 aromatic carbocycles. The zero-order chi connectivity index (χ0) is 33.0. The predicted octanol–water partition coefficient (Wildman–Crippen LogP) is 7.11. The van der Waals surface area contributed by atoms with E-state index in [9.17, 15) is 14.7 Å². The molecule has 0 amide bonds. The number of methoxy groups -OCH3 is 1. The lowest BCUT2D eigenvalue weighted by molar-refractivity contribution is -0.157. The Labute approximate surface area is 275 Å². The molecule has 46 heavy (non-hydrogen) atoms. The van der Waals surface area contributed by atoms with E-state index in [-0.39, 0.29) is 34.4 Å². The molecule has 0 aliphatic heterocycles. The summed E-state index contributed by atoms with van der Waals surface area (Å²) in [6.07, 6.45) is 15.1. The van der Waals surface area contributed by atoms with Crippen LogP contribution in [0.15, 0.2) is 35.9 Å². The second-order valence-electron chi connectivity index (χ2n) is 16.1. The fourth-order valence-electron chi connectivity index (χ4n) is 11.3. The maximum atomic E-state index is 13.1. The van der Waals surface area contributed by atoms with Gasteiger partial charge >= 0.3 is 11.9 Å². The molecule has 3 N–H and O–H groups in total. The number of fused-ring (bicyclic) bond motifs is 7. The van der Waals surface area contributed by atoms with Crippen LogP contribution in [0.25, 0.3) is 6.08 Å². The Bertz CT molecular complexity index is 1400. The Balaban J connectivity index is 1.22. The Hall–Kier alpha value is -2.64. The second-order valence-corrected chi connectivity index (χ2v) is 16.1. The van der Waals surface area contributed by atoms with E-state index < -0.39 is 5.97 Å². The molecule has 5 aliphatic rings. The maximum absolute atomic E-state index is 13.1. The highest BCUT2D eigenvalue weighted by molar-refractivity contribution is 5.87. The highest BCUT2D eigenvalue weighted by atomic mass is 16.6. The molecule has 7 heteroatoms. The van der Waals surface area contributed by atoms with E-state index in [0.29, 0.717) is 53.6 Å². The van der Waals surface area contributed by atoms with Gasteiger partial charge in [0, 0.05) is 24.5 Å². The Morgan fingerprint density at radius 3 is 2.50 bits per heavy atom. The van der Waals surface area contributed by atoms with E-state index in [2.05, 4.69) is 33.8 Å². The first-order valence-electron chi connectivity index (χ1n) is 17.7. The molecule has 10 unspecified atom stereocenters. The van der Waals surface area contributed by atoms with Gasteiger partial charge in [-0.05, 0) is 128 Å². The van der Waals surface area contributed by atoms with Gasteiger partial charge in [-0.3, -0.25) is 4.79 Å². The van der Waals surface area contributed by atoms with Crippen molar-refractivity contribution in [3.8, 4) is 11.5 Å². The molecule has 4 saturated carbocycles. The predicted molar refractivity (Wildman–Crippen MR) is 179 cm³/mol. The lowest BCUT2D eigenvalue weighted by atomic mass is 9.38.